The van der Waals surface area contributed by atoms with Crippen LogP contribution in [0.3, 0.4) is 0 Å². The van der Waals surface area contributed by atoms with E-state index in [1.54, 1.807) is 29.8 Å². The lowest BCUT2D eigenvalue weighted by atomic mass is 9.98. The van der Waals surface area contributed by atoms with Crippen molar-refractivity contribution in [2.75, 3.05) is 25.6 Å². The number of methoxy groups -OCH3 is 1. The molecule has 0 unspecified atom stereocenters. The number of nitrogens with one attached hydrogen (secondary N) is 3. The molecule has 22 nitrogen and oxygen atoms in total. The summed E-state index contributed by atoms with van der Waals surface area (Å²) in [4.78, 5) is 63.4. The Kier molecular flexibility index (Phi) is 25.1. The van der Waals surface area contributed by atoms with Crippen LogP contribution in [-0.2, 0) is 9.59 Å². The van der Waals surface area contributed by atoms with Crippen molar-refractivity contribution in [3.8, 4) is 38.6 Å². The zero-order valence-electron chi connectivity index (χ0n) is 67.3. The van der Waals surface area contributed by atoms with Gasteiger partial charge in [0, 0.05) is 88.1 Å². The van der Waals surface area contributed by atoms with Crippen LogP contribution in [0.4, 0.5) is 5.69 Å². The monoisotopic (exact) mass is 1650 g/mol. The number of benzene rings is 7. The average Bonchev–Trinajstić information content (AvgIpc) is 1.59. The van der Waals surface area contributed by atoms with E-state index in [1.807, 2.05) is 181 Å². The van der Waals surface area contributed by atoms with Gasteiger partial charge in [0.2, 0.25) is 11.8 Å². The molecule has 3 atom stereocenters. The summed E-state index contributed by atoms with van der Waals surface area (Å²) in [5.41, 5.74) is 25.9. The largest absolute Gasteiger partial charge is 0.496 e. The molecule has 9 heterocycles. The van der Waals surface area contributed by atoms with Crippen molar-refractivity contribution in [2.24, 2.45) is 20.7 Å². The Labute approximate surface area is 696 Å². The molecule has 6 aromatic heterocycles. The maximum absolute atomic E-state index is 13.1. The van der Waals surface area contributed by atoms with Gasteiger partial charge in [-0.3, -0.25) is 43.1 Å². The summed E-state index contributed by atoms with van der Waals surface area (Å²) in [5, 5.41) is 36.7. The molecule has 7 aromatic carbocycles. The van der Waals surface area contributed by atoms with E-state index < -0.39 is 12.1 Å². The Morgan fingerprint density at radius 3 is 1.50 bits per heavy atom. The Morgan fingerprint density at radius 2 is 1.01 bits per heavy atom. The number of aryl methyl sites for hydroxylation is 10. The highest BCUT2D eigenvalue weighted by Crippen LogP contribution is 2.43. The van der Waals surface area contributed by atoms with Crippen molar-refractivity contribution in [2.45, 2.75) is 141 Å². The zero-order chi connectivity index (χ0) is 82.7. The van der Waals surface area contributed by atoms with E-state index in [-0.39, 0.29) is 36.3 Å². The Bertz CT molecular complexity index is 6070. The normalized spacial score (nSPS) is 14.2. The van der Waals surface area contributed by atoms with Gasteiger partial charge in [0.1, 0.15) is 68.3 Å². The second kappa shape index (κ2) is 35.3. The third-order valence-corrected chi connectivity index (χ3v) is 23.3. The number of hydrogen-bond acceptors (Lipinski definition) is 18. The molecule has 27 heteroatoms. The van der Waals surface area contributed by atoms with Crippen molar-refractivity contribution in [3.63, 3.8) is 0 Å². The second-order valence-electron chi connectivity index (χ2n) is 29.0. The van der Waals surface area contributed by atoms with E-state index in [2.05, 4.69) is 127 Å². The van der Waals surface area contributed by atoms with Gasteiger partial charge in [-0.2, -0.15) is 0 Å². The van der Waals surface area contributed by atoms with Gasteiger partial charge in [0.15, 0.2) is 17.5 Å². The fourth-order valence-electron chi connectivity index (χ4n) is 14.4. The van der Waals surface area contributed by atoms with Gasteiger partial charge in [0.25, 0.3) is 5.56 Å². The number of fused-ring (bicyclic) bond motifs is 10. The topological polar surface area (TPSA) is 278 Å². The third kappa shape index (κ3) is 17.5. The van der Waals surface area contributed by atoms with Crippen molar-refractivity contribution < 1.29 is 19.1 Å². The second-order valence-corrected chi connectivity index (χ2v) is 32.7. The maximum atomic E-state index is 13.1. The van der Waals surface area contributed by atoms with E-state index in [0.29, 0.717) is 74.5 Å². The van der Waals surface area contributed by atoms with Crippen LogP contribution in [0.2, 0.25) is 15.1 Å². The van der Waals surface area contributed by atoms with Crippen LogP contribution in [-0.4, -0.2) is 103 Å². The first kappa shape index (κ1) is 82.4. The molecule has 0 fully saturated rings. The zero-order valence-corrected chi connectivity index (χ0v) is 71.2. The molecule has 594 valence electrons. The minimum atomic E-state index is -0.489. The predicted octanol–water partition coefficient (Wildman–Crippen LogP) is 19.1. The van der Waals surface area contributed by atoms with Crippen LogP contribution in [0, 0.1) is 83.1 Å². The van der Waals surface area contributed by atoms with Crippen LogP contribution in [0.25, 0.3) is 38.0 Å². The van der Waals surface area contributed by atoms with E-state index in [4.69, 9.17) is 65.0 Å². The van der Waals surface area contributed by atoms with Gasteiger partial charge < -0.3 is 30.8 Å². The average molecular weight is 1650 g/mol. The van der Waals surface area contributed by atoms with Crippen LogP contribution >= 0.6 is 57.5 Å². The van der Waals surface area contributed by atoms with Crippen LogP contribution < -0.4 is 31.4 Å². The van der Waals surface area contributed by atoms with E-state index >= 15 is 0 Å². The van der Waals surface area contributed by atoms with Crippen molar-refractivity contribution in [1.29, 1.82) is 0 Å². The molecule has 3 aliphatic heterocycles. The number of aromatic amines is 1. The number of thiophene rings is 2. The molecule has 0 aliphatic carbocycles. The number of nitrogens with zero attached hydrogens (tertiary/aromatic N) is 13. The number of amides is 2. The van der Waals surface area contributed by atoms with Crippen molar-refractivity contribution in [3.05, 3.63) is 294 Å². The first-order chi connectivity index (χ1) is 55.6. The standard InChI is InChI=1S/C26H24ClN5OS.C22H22ClN5O.C21H24N2O3.C20H20ClN5S/c1-14-5-11-20(12-6-14)28-22(33)13-21-25-31-30-17(4)32(25)26-23(15(2)16(3)34-26)24(29-21)18-7-9-19(27)10-8-18;1-4-24-20(29)12-18-22-27-26-14(3)28(22)19-10-5-13(2)11-17(19)21(25-18)15-6-8-16(23)9-7-15;1-6-7-26-19-13(3)10-15(11-14(19)4)20-22-16-8-12(2)9-17(25-5)18(16)21(24)23-20;1-10(22)9-16-19-25-24-13(4)26(19)20-17(11(2)12(3)27-20)18(23-16)14-5-7-15(21)8-6-14/h5-12,21H,13H2,1-4H3,(H,28,33);5-11,18H,4,12H2,1-3H3,(H,24,29);8-11H,6-7H2,1-5H3,(H,22,23,24);5-8,16H,1,9,22H2,2-4H3/t21-;18-;;16-/m00.0/s1. The minimum Gasteiger partial charge on any atom is -0.496 e. The summed E-state index contributed by atoms with van der Waals surface area (Å²) in [6, 6.07) is 43.6. The molecule has 2 amide bonds. The van der Waals surface area contributed by atoms with Gasteiger partial charge in [0.05, 0.1) is 54.9 Å². The molecule has 13 aromatic rings. The Morgan fingerprint density at radius 1 is 0.543 bits per heavy atom. The quantitative estimate of drug-likeness (QED) is 0.0701. The van der Waals surface area contributed by atoms with Gasteiger partial charge >= 0.3 is 0 Å². The maximum Gasteiger partial charge on any atom is 0.262 e. The summed E-state index contributed by atoms with van der Waals surface area (Å²) in [6.45, 7) is 33.5. The molecule has 3 aliphatic rings. The smallest absolute Gasteiger partial charge is 0.262 e. The molecule has 0 saturated carbocycles. The molecule has 0 spiro atoms. The lowest BCUT2D eigenvalue weighted by Crippen LogP contribution is -2.25. The summed E-state index contributed by atoms with van der Waals surface area (Å²) in [6.07, 6.45) is 1.83. The Hall–Kier alpha value is -11.5. The number of carbonyl (C=O) groups excluding carboxylic acids is 2. The van der Waals surface area contributed by atoms with Crippen LogP contribution in [0.15, 0.2) is 172 Å². The molecule has 16 rings (SSSR count). The number of H-pyrrole nitrogens is 1. The summed E-state index contributed by atoms with van der Waals surface area (Å²) >= 11 is 21.8. The fraction of sp³-hybridized carbons (Fsp3) is 0.270. The first-order valence-corrected chi connectivity index (χ1v) is 40.9. The van der Waals surface area contributed by atoms with Crippen LogP contribution in [0.5, 0.6) is 11.5 Å². The van der Waals surface area contributed by atoms with Gasteiger partial charge in [-0.25, -0.2) is 4.98 Å². The number of aromatic nitrogens is 11. The minimum absolute atomic E-state index is 0.0638. The number of carbonyl (C=O) groups is 2. The van der Waals surface area contributed by atoms with E-state index in [0.717, 1.165) is 146 Å². The fourth-order valence-corrected chi connectivity index (χ4v) is 17.2. The van der Waals surface area contributed by atoms with E-state index in [9.17, 15) is 14.4 Å². The molecule has 0 radical (unpaired) electrons. The summed E-state index contributed by atoms with van der Waals surface area (Å²) < 4.78 is 17.4. The lowest BCUT2D eigenvalue weighted by Gasteiger charge is -2.14. The van der Waals surface area contributed by atoms with Crippen LogP contribution in [0.1, 0.15) is 175 Å². The molecule has 5 N–H and O–H groups in total. The highest BCUT2D eigenvalue weighted by Gasteiger charge is 2.36. The summed E-state index contributed by atoms with van der Waals surface area (Å²) in [5.74, 6) is 6.30. The van der Waals surface area contributed by atoms with Crippen molar-refractivity contribution >= 4 is 103 Å². The van der Waals surface area contributed by atoms with Crippen molar-refractivity contribution in [1.82, 2.24) is 59.6 Å². The third-order valence-electron chi connectivity index (χ3n) is 20.2. The molecule has 116 heavy (non-hydrogen) atoms. The molecular formula is C89H90Cl3N17O5S2. The number of anilines is 1. The van der Waals surface area contributed by atoms with E-state index in [1.165, 1.54) is 15.3 Å². The first-order valence-electron chi connectivity index (χ1n) is 38.1. The van der Waals surface area contributed by atoms with Gasteiger partial charge in [-0.05, 0) is 209 Å². The summed E-state index contributed by atoms with van der Waals surface area (Å²) in [7, 11) is 1.56. The number of halogens is 3. The molecular weight excluding hydrogens is 1560 g/mol. The molecule has 0 saturated heterocycles. The highest BCUT2D eigenvalue weighted by atomic mass is 35.5. The lowest BCUT2D eigenvalue weighted by molar-refractivity contribution is -0.121. The van der Waals surface area contributed by atoms with Gasteiger partial charge in [-0.15, -0.1) is 53.3 Å². The van der Waals surface area contributed by atoms with Gasteiger partial charge in [-0.1, -0.05) is 114 Å². The number of aliphatic imine (C=N–C) groups is 3. The highest BCUT2D eigenvalue weighted by molar-refractivity contribution is 7.15. The number of rotatable bonds is 16. The number of hydrogen-bond donors (Lipinski definition) is 4. The number of nitrogens with two attached hydrogens (primary N) is 1. The Balaban J connectivity index is 0.000000135. The number of ether oxygens (including phenoxy) is 2. The predicted molar refractivity (Wildman–Crippen MR) is 467 cm³/mol. The molecule has 0 bridgehead atoms. The SMILES string of the molecule is C=C(N)C[C@@H]1N=C(c2ccc(Cl)cc2)c2c(sc(C)c2C)-n2c(C)nnc21.CCCOc1c(C)cc(-c2nc3cc(C)cc(OC)c3c(=O)[nH]2)cc1C.CCNC(=O)C[C@@H]1N=C(c2ccc(Cl)cc2)c2cc(C)ccc2-n2c(C)nnc21.Cc1ccc(NC(=O)C[C@@H]2N=C(c3ccc(Cl)cc3)c3c(sc(C)c3C)-n3c(C)nnc32)cc1.